The van der Waals surface area contributed by atoms with Gasteiger partial charge < -0.3 is 4.57 Å². The molecule has 1 aromatic heterocycles. The van der Waals surface area contributed by atoms with Gasteiger partial charge in [0.05, 0.1) is 5.52 Å². The van der Waals surface area contributed by atoms with Gasteiger partial charge in [0.15, 0.2) is 0 Å². The molecule has 1 heterocycles. The van der Waals surface area contributed by atoms with Crippen LogP contribution in [0.4, 0.5) is 0 Å². The molecule has 2 aromatic rings. The van der Waals surface area contributed by atoms with Crippen molar-refractivity contribution in [3.8, 4) is 0 Å². The predicted molar refractivity (Wildman–Crippen MR) is 72.9 cm³/mol. The fourth-order valence-corrected chi connectivity index (χ4v) is 2.29. The van der Waals surface area contributed by atoms with Crippen LogP contribution in [0.3, 0.4) is 0 Å². The molecular weight excluding hydrogens is 226 g/mol. The number of fused-ring (bicyclic) bond motifs is 1. The van der Waals surface area contributed by atoms with Crippen LogP contribution < -0.4 is 11.3 Å². The maximum Gasteiger partial charge on any atom is 0.233 e. The Morgan fingerprint density at radius 1 is 1.39 bits per heavy atom. The van der Waals surface area contributed by atoms with Crippen LogP contribution >= 0.6 is 0 Å². The summed E-state index contributed by atoms with van der Waals surface area (Å²) in [6, 6.07) is 8.49. The number of nitrogens with one attached hydrogen (secondary N) is 1. The van der Waals surface area contributed by atoms with Gasteiger partial charge in [0, 0.05) is 19.2 Å². The average Bonchev–Trinajstić information content (AvgIpc) is 2.82. The third kappa shape index (κ3) is 2.54. The number of para-hydroxylation sites is 1. The van der Waals surface area contributed by atoms with Crippen molar-refractivity contribution in [2.75, 3.05) is 0 Å². The molecule has 3 N–H and O–H groups in total. The second-order valence-electron chi connectivity index (χ2n) is 4.39. The first-order valence-corrected chi connectivity index (χ1v) is 6.32. The van der Waals surface area contributed by atoms with Gasteiger partial charge in [-0.1, -0.05) is 25.1 Å². The Hall–Kier alpha value is -1.81. The van der Waals surface area contributed by atoms with Crippen molar-refractivity contribution in [3.05, 3.63) is 36.0 Å². The maximum atomic E-state index is 11.1. The highest BCUT2D eigenvalue weighted by molar-refractivity contribution is 5.83. The molecule has 4 heteroatoms. The summed E-state index contributed by atoms with van der Waals surface area (Å²) in [6.07, 6.45) is 4.37. The Morgan fingerprint density at radius 3 is 2.94 bits per heavy atom. The molecule has 0 spiro atoms. The molecule has 18 heavy (non-hydrogen) atoms. The smallest absolute Gasteiger partial charge is 0.233 e. The highest BCUT2D eigenvalue weighted by Crippen LogP contribution is 2.21. The first-order chi connectivity index (χ1) is 8.76. The summed E-state index contributed by atoms with van der Waals surface area (Å²) in [7, 11) is 0. The van der Waals surface area contributed by atoms with Crippen LogP contribution in [0, 0.1) is 0 Å². The predicted octanol–water partition coefficient (Wildman–Crippen LogP) is 1.97. The summed E-state index contributed by atoms with van der Waals surface area (Å²) in [5.41, 5.74) is 4.79. The minimum atomic E-state index is -0.109. The average molecular weight is 245 g/mol. The molecule has 0 bridgehead atoms. The number of amides is 1. The van der Waals surface area contributed by atoms with Gasteiger partial charge in [-0.05, 0) is 29.9 Å². The van der Waals surface area contributed by atoms with Gasteiger partial charge in [-0.2, -0.15) is 0 Å². The standard InChI is InChI=1S/C14H19N3O/c1-2-11-5-3-6-12-8-10-17(14(11)12)9-4-7-13(18)16-15/h3,5-6,8,10H,2,4,7,9,15H2,1H3,(H,16,18). The molecule has 96 valence electrons. The van der Waals surface area contributed by atoms with E-state index in [1.54, 1.807) is 0 Å². The number of benzene rings is 1. The monoisotopic (exact) mass is 245 g/mol. The quantitative estimate of drug-likeness (QED) is 0.480. The largest absolute Gasteiger partial charge is 0.347 e. The van der Waals surface area contributed by atoms with Crippen molar-refractivity contribution in [1.29, 1.82) is 0 Å². The SMILES string of the molecule is CCc1cccc2ccn(CCCC(=O)NN)c12. The van der Waals surface area contributed by atoms with Gasteiger partial charge in [0.2, 0.25) is 5.91 Å². The molecular formula is C14H19N3O. The lowest BCUT2D eigenvalue weighted by atomic mass is 10.1. The zero-order valence-electron chi connectivity index (χ0n) is 10.6. The summed E-state index contributed by atoms with van der Waals surface area (Å²) >= 11 is 0. The van der Waals surface area contributed by atoms with Gasteiger partial charge in [0.1, 0.15) is 0 Å². The zero-order valence-corrected chi connectivity index (χ0v) is 10.6. The molecule has 0 atom stereocenters. The van der Waals surface area contributed by atoms with Gasteiger partial charge in [-0.25, -0.2) is 5.84 Å². The van der Waals surface area contributed by atoms with E-state index in [1.807, 2.05) is 0 Å². The number of nitrogens with two attached hydrogens (primary N) is 1. The molecule has 0 saturated heterocycles. The summed E-state index contributed by atoms with van der Waals surface area (Å²) in [5, 5.41) is 1.26. The number of carbonyl (C=O) groups excluding carboxylic acids is 1. The molecule has 1 amide bonds. The number of hydrazine groups is 1. The second-order valence-corrected chi connectivity index (χ2v) is 4.39. The van der Waals surface area contributed by atoms with E-state index in [4.69, 9.17) is 5.84 Å². The van der Waals surface area contributed by atoms with Crippen LogP contribution in [0.25, 0.3) is 10.9 Å². The zero-order chi connectivity index (χ0) is 13.0. The Labute approximate surface area is 107 Å². The second kappa shape index (κ2) is 5.69. The number of aryl methyl sites for hydroxylation is 2. The van der Waals surface area contributed by atoms with E-state index in [2.05, 4.69) is 47.4 Å². The normalized spacial score (nSPS) is 10.8. The molecule has 0 aliphatic heterocycles. The number of hydrogen-bond donors (Lipinski definition) is 2. The third-order valence-corrected chi connectivity index (χ3v) is 3.22. The fourth-order valence-electron chi connectivity index (χ4n) is 2.29. The van der Waals surface area contributed by atoms with Gasteiger partial charge in [-0.3, -0.25) is 10.2 Å². The van der Waals surface area contributed by atoms with Crippen molar-refractivity contribution in [1.82, 2.24) is 9.99 Å². The number of nitrogens with zero attached hydrogens (tertiary/aromatic N) is 1. The van der Waals surface area contributed by atoms with E-state index in [9.17, 15) is 4.79 Å². The van der Waals surface area contributed by atoms with Crippen LogP contribution in [0.5, 0.6) is 0 Å². The van der Waals surface area contributed by atoms with Crippen molar-refractivity contribution < 1.29 is 4.79 Å². The molecule has 0 saturated carbocycles. The third-order valence-electron chi connectivity index (χ3n) is 3.22. The minimum absolute atomic E-state index is 0.109. The molecule has 0 unspecified atom stereocenters. The first-order valence-electron chi connectivity index (χ1n) is 6.32. The Bertz CT molecular complexity index is 545. The first kappa shape index (κ1) is 12.6. The summed E-state index contributed by atoms with van der Waals surface area (Å²) in [6.45, 7) is 3.00. The van der Waals surface area contributed by atoms with Crippen LogP contribution in [0.15, 0.2) is 30.5 Å². The van der Waals surface area contributed by atoms with Crippen molar-refractivity contribution in [2.24, 2.45) is 5.84 Å². The molecule has 0 radical (unpaired) electrons. The van der Waals surface area contributed by atoms with E-state index < -0.39 is 0 Å². The van der Waals surface area contributed by atoms with Crippen LogP contribution in [-0.4, -0.2) is 10.5 Å². The van der Waals surface area contributed by atoms with Gasteiger partial charge >= 0.3 is 0 Å². The minimum Gasteiger partial charge on any atom is -0.347 e. The Balaban J connectivity index is 2.16. The van der Waals surface area contributed by atoms with E-state index in [-0.39, 0.29) is 5.91 Å². The number of aromatic nitrogens is 1. The highest BCUT2D eigenvalue weighted by atomic mass is 16.2. The summed E-state index contributed by atoms with van der Waals surface area (Å²) < 4.78 is 2.22. The topological polar surface area (TPSA) is 60.0 Å². The Morgan fingerprint density at radius 2 is 2.22 bits per heavy atom. The van der Waals surface area contributed by atoms with Crippen molar-refractivity contribution >= 4 is 16.8 Å². The van der Waals surface area contributed by atoms with Crippen LogP contribution in [0.2, 0.25) is 0 Å². The number of carbonyl (C=O) groups is 1. The molecule has 0 fully saturated rings. The van der Waals surface area contributed by atoms with E-state index >= 15 is 0 Å². The molecule has 0 aliphatic carbocycles. The molecule has 1 aromatic carbocycles. The lowest BCUT2D eigenvalue weighted by Gasteiger charge is -2.08. The van der Waals surface area contributed by atoms with Gasteiger partial charge in [-0.15, -0.1) is 0 Å². The summed E-state index contributed by atoms with van der Waals surface area (Å²) in [4.78, 5) is 11.1. The lowest BCUT2D eigenvalue weighted by Crippen LogP contribution is -2.29. The molecule has 0 aliphatic rings. The van der Waals surface area contributed by atoms with E-state index in [0.717, 1.165) is 19.4 Å². The van der Waals surface area contributed by atoms with Crippen molar-refractivity contribution in [2.45, 2.75) is 32.7 Å². The fraction of sp³-hybridized carbons (Fsp3) is 0.357. The molecule has 4 nitrogen and oxygen atoms in total. The van der Waals surface area contributed by atoms with E-state index in [0.29, 0.717) is 6.42 Å². The van der Waals surface area contributed by atoms with Gasteiger partial charge in [0.25, 0.3) is 0 Å². The van der Waals surface area contributed by atoms with Crippen molar-refractivity contribution in [3.63, 3.8) is 0 Å². The summed E-state index contributed by atoms with van der Waals surface area (Å²) in [5.74, 6) is 4.95. The van der Waals surface area contributed by atoms with Crippen LogP contribution in [-0.2, 0) is 17.8 Å². The van der Waals surface area contributed by atoms with E-state index in [1.165, 1.54) is 16.5 Å². The number of hydrogen-bond acceptors (Lipinski definition) is 2. The highest BCUT2D eigenvalue weighted by Gasteiger charge is 2.05. The molecule has 2 rings (SSSR count). The Kier molecular flexibility index (Phi) is 3.99. The lowest BCUT2D eigenvalue weighted by molar-refractivity contribution is -0.121. The van der Waals surface area contributed by atoms with Crippen LogP contribution in [0.1, 0.15) is 25.3 Å². The number of rotatable bonds is 5. The maximum absolute atomic E-state index is 11.1.